The second-order valence-corrected chi connectivity index (χ2v) is 5.81. The second kappa shape index (κ2) is 7.78. The summed E-state index contributed by atoms with van der Waals surface area (Å²) in [5, 5.41) is 11.7. The van der Waals surface area contributed by atoms with E-state index in [-0.39, 0.29) is 12.3 Å². The van der Waals surface area contributed by atoms with E-state index in [9.17, 15) is 9.59 Å². The molecule has 22 heavy (non-hydrogen) atoms. The van der Waals surface area contributed by atoms with Gasteiger partial charge in [-0.3, -0.25) is 4.79 Å². The molecule has 0 saturated heterocycles. The van der Waals surface area contributed by atoms with Gasteiger partial charge in [0.05, 0.1) is 6.42 Å². The minimum Gasteiger partial charge on any atom is -0.480 e. The molecule has 1 unspecified atom stereocenters. The van der Waals surface area contributed by atoms with Gasteiger partial charge >= 0.3 is 5.97 Å². The highest BCUT2D eigenvalue weighted by Gasteiger charge is 2.19. The molecule has 0 bridgehead atoms. The average molecular weight is 301 g/mol. The van der Waals surface area contributed by atoms with Crippen molar-refractivity contribution in [1.82, 2.24) is 5.32 Å². The molecule has 0 fully saturated rings. The molecule has 4 nitrogen and oxygen atoms in total. The maximum atomic E-state index is 12.1. The van der Waals surface area contributed by atoms with Crippen molar-refractivity contribution in [1.29, 1.82) is 0 Å². The van der Waals surface area contributed by atoms with Gasteiger partial charge in [-0.2, -0.15) is 0 Å². The molecule has 1 amide bonds. The Balaban J connectivity index is 1.96. The maximum absolute atomic E-state index is 12.1. The molecule has 2 N–H and O–H groups in total. The minimum absolute atomic E-state index is 0.227. The highest BCUT2D eigenvalue weighted by molar-refractivity contribution is 5.84. The average Bonchev–Trinajstić information content (AvgIpc) is 2.51. The van der Waals surface area contributed by atoms with Crippen LogP contribution >= 0.6 is 0 Å². The molecule has 1 aliphatic carbocycles. The summed E-state index contributed by atoms with van der Waals surface area (Å²) < 4.78 is 0. The molecule has 0 aromatic heterocycles. The van der Waals surface area contributed by atoms with Crippen LogP contribution in [0.1, 0.15) is 42.4 Å². The number of amides is 1. The van der Waals surface area contributed by atoms with Gasteiger partial charge in [0.15, 0.2) is 0 Å². The Kier molecular flexibility index (Phi) is 5.75. The summed E-state index contributed by atoms with van der Waals surface area (Å²) in [7, 11) is 0. The van der Waals surface area contributed by atoms with E-state index < -0.39 is 12.0 Å². The molecule has 0 aliphatic heterocycles. The van der Waals surface area contributed by atoms with Gasteiger partial charge < -0.3 is 10.4 Å². The van der Waals surface area contributed by atoms with E-state index in [0.29, 0.717) is 12.8 Å². The number of carboxylic acids is 1. The molecule has 0 heterocycles. The van der Waals surface area contributed by atoms with E-state index in [4.69, 9.17) is 5.11 Å². The lowest BCUT2D eigenvalue weighted by atomic mass is 9.90. The first-order valence-electron chi connectivity index (χ1n) is 7.84. The number of carbonyl (C=O) groups excluding carboxylic acids is 1. The second-order valence-electron chi connectivity index (χ2n) is 5.81. The summed E-state index contributed by atoms with van der Waals surface area (Å²) in [5.41, 5.74) is 3.66. The molecule has 1 atom stereocenters. The van der Waals surface area contributed by atoms with Crippen LogP contribution in [0.25, 0.3) is 0 Å². The zero-order valence-electron chi connectivity index (χ0n) is 12.8. The van der Waals surface area contributed by atoms with Gasteiger partial charge in [-0.15, -0.1) is 6.58 Å². The fraction of sp³-hybridized carbons (Fsp3) is 0.444. The quantitative estimate of drug-likeness (QED) is 0.761. The van der Waals surface area contributed by atoms with Crippen LogP contribution in [0.3, 0.4) is 0 Å². The predicted molar refractivity (Wildman–Crippen MR) is 85.8 cm³/mol. The largest absolute Gasteiger partial charge is 0.480 e. The molecule has 2 rings (SSSR count). The van der Waals surface area contributed by atoms with Crippen molar-refractivity contribution in [2.45, 2.75) is 51.0 Å². The molecular weight excluding hydrogens is 278 g/mol. The van der Waals surface area contributed by atoms with Crippen molar-refractivity contribution in [3.63, 3.8) is 0 Å². The molecule has 4 heteroatoms. The van der Waals surface area contributed by atoms with Crippen LogP contribution in [-0.2, 0) is 28.9 Å². The molecule has 1 aromatic carbocycles. The van der Waals surface area contributed by atoms with Crippen molar-refractivity contribution in [3.8, 4) is 0 Å². The minimum atomic E-state index is -0.999. The third-order valence-electron chi connectivity index (χ3n) is 4.07. The number of nitrogens with one attached hydrogen (secondary N) is 1. The van der Waals surface area contributed by atoms with E-state index >= 15 is 0 Å². The summed E-state index contributed by atoms with van der Waals surface area (Å²) in [6, 6.07) is 5.32. The van der Waals surface area contributed by atoms with E-state index in [1.54, 1.807) is 6.08 Å². The number of hydrogen-bond donors (Lipinski definition) is 2. The zero-order chi connectivity index (χ0) is 15.9. The standard InChI is InChI=1S/C18H23NO3/c1-2-3-8-16(18(21)22)19-17(20)12-13-9-10-14-6-4-5-7-15(14)11-13/h2,9-11,16H,1,3-8,12H2,(H,19,20)(H,21,22). The van der Waals surface area contributed by atoms with Gasteiger partial charge in [0.1, 0.15) is 6.04 Å². The first kappa shape index (κ1) is 16.3. The topological polar surface area (TPSA) is 66.4 Å². The lowest BCUT2D eigenvalue weighted by Gasteiger charge is -2.17. The Bertz CT molecular complexity index is 565. The molecule has 118 valence electrons. The number of benzene rings is 1. The lowest BCUT2D eigenvalue weighted by Crippen LogP contribution is -2.41. The lowest BCUT2D eigenvalue weighted by molar-refractivity contribution is -0.141. The number of aliphatic carboxylic acids is 1. The fourth-order valence-electron chi connectivity index (χ4n) is 2.87. The first-order valence-corrected chi connectivity index (χ1v) is 7.84. The van der Waals surface area contributed by atoms with Gasteiger partial charge in [-0.25, -0.2) is 4.79 Å². The van der Waals surface area contributed by atoms with E-state index in [0.717, 1.165) is 18.4 Å². The van der Waals surface area contributed by atoms with E-state index in [2.05, 4.69) is 24.0 Å². The van der Waals surface area contributed by atoms with Crippen LogP contribution in [0.4, 0.5) is 0 Å². The van der Waals surface area contributed by atoms with Crippen molar-refractivity contribution < 1.29 is 14.7 Å². The Hall–Kier alpha value is -2.10. The monoisotopic (exact) mass is 301 g/mol. The number of allylic oxidation sites excluding steroid dienone is 1. The Morgan fingerprint density at radius 3 is 2.68 bits per heavy atom. The third kappa shape index (κ3) is 4.45. The van der Waals surface area contributed by atoms with Crippen molar-refractivity contribution in [3.05, 3.63) is 47.5 Å². The maximum Gasteiger partial charge on any atom is 0.326 e. The summed E-state index contributed by atoms with van der Waals surface area (Å²) in [6.07, 6.45) is 7.44. The van der Waals surface area contributed by atoms with Gasteiger partial charge in [0.25, 0.3) is 0 Å². The molecule has 0 saturated carbocycles. The predicted octanol–water partition coefficient (Wildman–Crippen LogP) is 2.64. The summed E-state index contributed by atoms with van der Waals surface area (Å²) in [5.74, 6) is -1.24. The SMILES string of the molecule is C=CCCC(NC(=O)Cc1ccc2c(c1)CCCC2)C(=O)O. The van der Waals surface area contributed by atoms with Gasteiger partial charge in [0.2, 0.25) is 5.91 Å². The highest BCUT2D eigenvalue weighted by Crippen LogP contribution is 2.22. The Labute approximate surface area is 131 Å². The highest BCUT2D eigenvalue weighted by atomic mass is 16.4. The number of aryl methyl sites for hydroxylation is 2. The van der Waals surface area contributed by atoms with Gasteiger partial charge in [-0.05, 0) is 55.2 Å². The van der Waals surface area contributed by atoms with Crippen molar-refractivity contribution in [2.24, 2.45) is 0 Å². The summed E-state index contributed by atoms with van der Waals surface area (Å²) in [6.45, 7) is 3.57. The van der Waals surface area contributed by atoms with Gasteiger partial charge in [0, 0.05) is 0 Å². The molecule has 1 aliphatic rings. The molecule has 0 spiro atoms. The van der Waals surface area contributed by atoms with Crippen LogP contribution in [0.2, 0.25) is 0 Å². The Morgan fingerprint density at radius 2 is 2.00 bits per heavy atom. The van der Waals surface area contributed by atoms with Crippen LogP contribution in [0.15, 0.2) is 30.9 Å². The number of rotatable bonds is 7. The number of hydrogen-bond acceptors (Lipinski definition) is 2. The first-order chi connectivity index (χ1) is 10.6. The summed E-state index contributed by atoms with van der Waals surface area (Å²) >= 11 is 0. The smallest absolute Gasteiger partial charge is 0.326 e. The molecular formula is C18H23NO3. The van der Waals surface area contributed by atoms with Crippen LogP contribution in [0.5, 0.6) is 0 Å². The Morgan fingerprint density at radius 1 is 1.27 bits per heavy atom. The molecule has 1 aromatic rings. The van der Waals surface area contributed by atoms with E-state index in [1.165, 1.54) is 24.0 Å². The third-order valence-corrected chi connectivity index (χ3v) is 4.07. The fourth-order valence-corrected chi connectivity index (χ4v) is 2.87. The molecule has 0 radical (unpaired) electrons. The van der Waals surface area contributed by atoms with E-state index in [1.807, 2.05) is 6.07 Å². The van der Waals surface area contributed by atoms with Crippen molar-refractivity contribution >= 4 is 11.9 Å². The zero-order valence-corrected chi connectivity index (χ0v) is 12.8. The van der Waals surface area contributed by atoms with Crippen LogP contribution in [-0.4, -0.2) is 23.0 Å². The van der Waals surface area contributed by atoms with Crippen molar-refractivity contribution in [2.75, 3.05) is 0 Å². The summed E-state index contributed by atoms with van der Waals surface area (Å²) in [4.78, 5) is 23.2. The van der Waals surface area contributed by atoms with Crippen LogP contribution < -0.4 is 5.32 Å². The normalized spacial score (nSPS) is 14.7. The number of fused-ring (bicyclic) bond motifs is 1. The van der Waals surface area contributed by atoms with Crippen LogP contribution in [0, 0.1) is 0 Å². The number of carbonyl (C=O) groups is 2. The number of carboxylic acid groups (broad SMARTS) is 1. The van der Waals surface area contributed by atoms with Gasteiger partial charge in [-0.1, -0.05) is 24.3 Å².